The lowest BCUT2D eigenvalue weighted by Crippen LogP contribution is -3.00. The minimum Gasteiger partial charge on any atom is -1.00 e. The summed E-state index contributed by atoms with van der Waals surface area (Å²) in [5.74, 6) is 0. The third kappa shape index (κ3) is 3.12. The Morgan fingerprint density at radius 2 is 1.79 bits per heavy atom. The van der Waals surface area contributed by atoms with Gasteiger partial charge in [0, 0.05) is 24.1 Å². The molecule has 24 heavy (non-hydrogen) atoms. The standard InChI is InChI=1S/C19H17N2S2.HI/c1-20-14-8-3-5-10-16(14)22-18(20)12-7-13-19-21(2)15-9-4-6-11-17(15)23-19;/h3-13H,1-2H3;1H/q+1;/p-1. The average Bonchev–Trinajstić information content (AvgIpc) is 3.07. The van der Waals surface area contributed by atoms with Gasteiger partial charge < -0.3 is 28.9 Å². The van der Waals surface area contributed by atoms with Gasteiger partial charge in [0.25, 0.3) is 5.01 Å². The fourth-order valence-corrected chi connectivity index (χ4v) is 4.87. The van der Waals surface area contributed by atoms with Crippen molar-refractivity contribution in [3.05, 3.63) is 70.7 Å². The Labute approximate surface area is 167 Å². The molecular formula is C19H17IN2S2. The number of rotatable bonds is 2. The van der Waals surface area contributed by atoms with E-state index >= 15 is 0 Å². The second-order valence-corrected chi connectivity index (χ2v) is 7.58. The average molecular weight is 464 g/mol. The van der Waals surface area contributed by atoms with Crippen molar-refractivity contribution in [2.24, 2.45) is 7.05 Å². The first-order chi connectivity index (χ1) is 11.2. The fourth-order valence-electron chi connectivity index (χ4n) is 2.75. The SMILES string of the molecule is CN1C(=CC=Cc2sc3ccccc3[n+]2C)Sc2ccccc21.[I-]. The summed E-state index contributed by atoms with van der Waals surface area (Å²) in [5.41, 5.74) is 2.56. The summed E-state index contributed by atoms with van der Waals surface area (Å²) >= 11 is 3.64. The summed E-state index contributed by atoms with van der Waals surface area (Å²) in [6, 6.07) is 17.0. The van der Waals surface area contributed by atoms with E-state index in [-0.39, 0.29) is 24.0 Å². The first kappa shape index (κ1) is 17.5. The maximum Gasteiger partial charge on any atom is 0.262 e. The van der Waals surface area contributed by atoms with Crippen molar-refractivity contribution >= 4 is 45.1 Å². The topological polar surface area (TPSA) is 7.12 Å². The molecule has 1 aliphatic heterocycles. The van der Waals surface area contributed by atoms with Crippen LogP contribution in [0.2, 0.25) is 0 Å². The molecule has 2 nitrogen and oxygen atoms in total. The molecule has 5 heteroatoms. The Balaban J connectivity index is 0.00000169. The summed E-state index contributed by atoms with van der Waals surface area (Å²) in [6.07, 6.45) is 6.53. The molecule has 1 aliphatic rings. The van der Waals surface area contributed by atoms with Crippen LogP contribution in [0.25, 0.3) is 16.3 Å². The van der Waals surface area contributed by atoms with Crippen LogP contribution in [-0.4, -0.2) is 7.05 Å². The van der Waals surface area contributed by atoms with E-state index in [1.54, 1.807) is 0 Å². The molecular weight excluding hydrogens is 447 g/mol. The lowest BCUT2D eigenvalue weighted by Gasteiger charge is -2.12. The molecule has 4 rings (SSSR count). The summed E-state index contributed by atoms with van der Waals surface area (Å²) < 4.78 is 3.57. The van der Waals surface area contributed by atoms with Gasteiger partial charge >= 0.3 is 0 Å². The number of nitrogens with zero attached hydrogens (tertiary/aromatic N) is 2. The highest BCUT2D eigenvalue weighted by molar-refractivity contribution is 8.03. The number of para-hydroxylation sites is 2. The summed E-state index contributed by atoms with van der Waals surface area (Å²) in [5, 5.41) is 2.51. The zero-order chi connectivity index (χ0) is 15.8. The van der Waals surface area contributed by atoms with Gasteiger partial charge in [0.15, 0.2) is 0 Å². The Hall–Kier alpha value is -1.31. The molecule has 0 N–H and O–H groups in total. The number of halogens is 1. The van der Waals surface area contributed by atoms with E-state index in [1.165, 1.54) is 30.8 Å². The molecule has 0 spiro atoms. The molecule has 0 bridgehead atoms. The van der Waals surface area contributed by atoms with Gasteiger partial charge in [-0.1, -0.05) is 53.4 Å². The van der Waals surface area contributed by atoms with Crippen molar-refractivity contribution in [3.8, 4) is 0 Å². The van der Waals surface area contributed by atoms with Crippen LogP contribution < -0.4 is 33.4 Å². The van der Waals surface area contributed by atoms with E-state index in [0.29, 0.717) is 0 Å². The van der Waals surface area contributed by atoms with Crippen LogP contribution in [0, 0.1) is 0 Å². The van der Waals surface area contributed by atoms with Crippen LogP contribution >= 0.6 is 23.1 Å². The second-order valence-electron chi connectivity index (χ2n) is 5.46. The van der Waals surface area contributed by atoms with Crippen LogP contribution in [0.5, 0.6) is 0 Å². The lowest BCUT2D eigenvalue weighted by molar-refractivity contribution is -0.642. The van der Waals surface area contributed by atoms with Crippen molar-refractivity contribution in [2.45, 2.75) is 4.90 Å². The molecule has 0 fully saturated rings. The molecule has 0 amide bonds. The van der Waals surface area contributed by atoms with Gasteiger partial charge in [0.1, 0.15) is 11.7 Å². The van der Waals surface area contributed by atoms with Gasteiger partial charge in [0.05, 0.1) is 10.7 Å². The quantitative estimate of drug-likeness (QED) is 0.422. The van der Waals surface area contributed by atoms with Crippen LogP contribution in [0.3, 0.4) is 0 Å². The van der Waals surface area contributed by atoms with Crippen LogP contribution in [0.1, 0.15) is 5.01 Å². The first-order valence-electron chi connectivity index (χ1n) is 7.50. The normalized spacial score (nSPS) is 15.2. The highest BCUT2D eigenvalue weighted by Gasteiger charge is 2.20. The van der Waals surface area contributed by atoms with E-state index in [2.05, 4.69) is 90.3 Å². The van der Waals surface area contributed by atoms with E-state index in [0.717, 1.165) is 0 Å². The molecule has 3 aromatic rings. The molecule has 0 aliphatic carbocycles. The zero-order valence-corrected chi connectivity index (χ0v) is 17.2. The van der Waals surface area contributed by atoms with E-state index in [9.17, 15) is 0 Å². The van der Waals surface area contributed by atoms with Crippen molar-refractivity contribution in [3.63, 3.8) is 0 Å². The number of aromatic nitrogens is 1. The maximum absolute atomic E-state index is 2.25. The zero-order valence-electron chi connectivity index (χ0n) is 13.4. The van der Waals surface area contributed by atoms with Crippen LogP contribution in [-0.2, 0) is 7.05 Å². The van der Waals surface area contributed by atoms with Crippen molar-refractivity contribution in [2.75, 3.05) is 11.9 Å². The molecule has 0 radical (unpaired) electrons. The number of aryl methyl sites for hydroxylation is 1. The van der Waals surface area contributed by atoms with Gasteiger partial charge in [-0.3, -0.25) is 0 Å². The van der Waals surface area contributed by atoms with Crippen LogP contribution in [0.15, 0.2) is 70.6 Å². The highest BCUT2D eigenvalue weighted by Crippen LogP contribution is 2.44. The number of hydrogen-bond acceptors (Lipinski definition) is 3. The Bertz CT molecular complexity index is 943. The van der Waals surface area contributed by atoms with Crippen molar-refractivity contribution < 1.29 is 28.5 Å². The minimum absolute atomic E-state index is 0. The molecule has 0 saturated carbocycles. The molecule has 0 saturated heterocycles. The Morgan fingerprint density at radius 3 is 2.58 bits per heavy atom. The monoisotopic (exact) mass is 464 g/mol. The van der Waals surface area contributed by atoms with Gasteiger partial charge in [-0.2, -0.15) is 4.57 Å². The Kier molecular flexibility index (Phi) is 5.32. The second kappa shape index (κ2) is 7.29. The predicted octanol–water partition coefficient (Wildman–Crippen LogP) is 1.83. The number of thiazole rings is 1. The summed E-state index contributed by atoms with van der Waals surface area (Å²) in [4.78, 5) is 3.57. The Morgan fingerprint density at radius 1 is 1.04 bits per heavy atom. The summed E-state index contributed by atoms with van der Waals surface area (Å²) in [7, 11) is 4.25. The van der Waals surface area contributed by atoms with Crippen LogP contribution in [0.4, 0.5) is 5.69 Å². The van der Waals surface area contributed by atoms with E-state index in [4.69, 9.17) is 0 Å². The van der Waals surface area contributed by atoms with E-state index < -0.39 is 0 Å². The number of hydrogen-bond donors (Lipinski definition) is 0. The third-order valence-electron chi connectivity index (χ3n) is 4.02. The molecule has 1 aromatic heterocycles. The number of benzene rings is 2. The van der Waals surface area contributed by atoms with Gasteiger partial charge in [-0.05, 0) is 24.3 Å². The van der Waals surface area contributed by atoms with E-state index in [1.807, 2.05) is 23.1 Å². The van der Waals surface area contributed by atoms with Crippen molar-refractivity contribution in [1.29, 1.82) is 0 Å². The number of fused-ring (bicyclic) bond motifs is 2. The number of allylic oxidation sites excluding steroid dienone is 2. The number of anilines is 1. The van der Waals surface area contributed by atoms with Gasteiger partial charge in [0.2, 0.25) is 5.52 Å². The minimum atomic E-state index is 0. The molecule has 0 unspecified atom stereocenters. The number of thioether (sulfide) groups is 1. The van der Waals surface area contributed by atoms with Crippen molar-refractivity contribution in [1.82, 2.24) is 0 Å². The maximum atomic E-state index is 2.25. The highest BCUT2D eigenvalue weighted by atomic mass is 127. The third-order valence-corrected chi connectivity index (χ3v) is 6.39. The molecule has 0 atom stereocenters. The predicted molar refractivity (Wildman–Crippen MR) is 101 cm³/mol. The first-order valence-corrected chi connectivity index (χ1v) is 9.14. The fraction of sp³-hybridized carbons (Fsp3) is 0.105. The lowest BCUT2D eigenvalue weighted by atomic mass is 10.3. The smallest absolute Gasteiger partial charge is 0.262 e. The molecule has 2 aromatic carbocycles. The summed E-state index contributed by atoms with van der Waals surface area (Å²) in [6.45, 7) is 0. The molecule has 122 valence electrons. The largest absolute Gasteiger partial charge is 1.00 e. The molecule has 2 heterocycles. The van der Waals surface area contributed by atoms with Gasteiger partial charge in [-0.25, -0.2) is 0 Å². The van der Waals surface area contributed by atoms with Gasteiger partial charge in [-0.15, -0.1) is 0 Å².